The first-order chi connectivity index (χ1) is 7.37. The molecule has 1 aliphatic rings. The molecular weight excluding hydrogens is 180 g/mol. The summed E-state index contributed by atoms with van der Waals surface area (Å²) in [6.07, 6.45) is 9.99. The Labute approximate surface area is 93.0 Å². The van der Waals surface area contributed by atoms with Crippen molar-refractivity contribution in [2.75, 3.05) is 0 Å². The molecule has 0 amide bonds. The Kier molecular flexibility index (Phi) is 3.25. The molecule has 0 aromatic heterocycles. The predicted octanol–water partition coefficient (Wildman–Crippen LogP) is 4.26. The van der Waals surface area contributed by atoms with Gasteiger partial charge in [-0.3, -0.25) is 0 Å². The van der Waals surface area contributed by atoms with Crippen LogP contribution in [0.2, 0.25) is 0 Å². The summed E-state index contributed by atoms with van der Waals surface area (Å²) in [6, 6.07) is 11.6. The van der Waals surface area contributed by atoms with Crippen LogP contribution in [-0.2, 0) is 5.41 Å². The molecule has 0 nitrogen and oxygen atoms in total. The van der Waals surface area contributed by atoms with E-state index in [2.05, 4.69) is 30.9 Å². The normalized spacial score (nSPS) is 19.7. The molecule has 15 heavy (non-hydrogen) atoms. The first-order valence-corrected chi connectivity index (χ1v) is 5.95. The average Bonchev–Trinajstić information content (AvgIpc) is 2.32. The van der Waals surface area contributed by atoms with Gasteiger partial charge in [0, 0.05) is 0 Å². The van der Waals surface area contributed by atoms with E-state index in [-0.39, 0.29) is 0 Å². The van der Waals surface area contributed by atoms with E-state index in [9.17, 15) is 0 Å². The van der Waals surface area contributed by atoms with Crippen LogP contribution >= 0.6 is 0 Å². The monoisotopic (exact) mass is 199 g/mol. The second-order valence-corrected chi connectivity index (χ2v) is 4.62. The molecule has 0 saturated heterocycles. The maximum Gasteiger partial charge on any atom is -0.00126 e. The highest BCUT2D eigenvalue weighted by Crippen LogP contribution is 2.42. The molecule has 0 bridgehead atoms. The van der Waals surface area contributed by atoms with Crippen molar-refractivity contribution >= 4 is 0 Å². The van der Waals surface area contributed by atoms with Crippen LogP contribution in [0.3, 0.4) is 0 Å². The molecule has 0 atom stereocenters. The third-order valence-electron chi connectivity index (χ3n) is 3.68. The zero-order chi connectivity index (χ0) is 10.6. The van der Waals surface area contributed by atoms with Gasteiger partial charge in [0.05, 0.1) is 0 Å². The fourth-order valence-electron chi connectivity index (χ4n) is 2.86. The Morgan fingerprint density at radius 1 is 1.20 bits per heavy atom. The van der Waals surface area contributed by atoms with Gasteiger partial charge in [-0.25, -0.2) is 0 Å². The van der Waals surface area contributed by atoms with E-state index in [1.807, 2.05) is 12.1 Å². The van der Waals surface area contributed by atoms with Crippen LogP contribution in [0, 0.1) is 6.07 Å². The van der Waals surface area contributed by atoms with Gasteiger partial charge in [-0.1, -0.05) is 49.6 Å². The molecule has 1 aromatic rings. The molecule has 0 spiro atoms. The lowest BCUT2D eigenvalue weighted by Crippen LogP contribution is -2.28. The van der Waals surface area contributed by atoms with Crippen molar-refractivity contribution in [2.24, 2.45) is 0 Å². The molecule has 1 saturated carbocycles. The van der Waals surface area contributed by atoms with Crippen molar-refractivity contribution < 1.29 is 0 Å². The number of hydrogen-bond donors (Lipinski definition) is 0. The molecule has 1 aliphatic carbocycles. The predicted molar refractivity (Wildman–Crippen MR) is 64.9 cm³/mol. The Balaban J connectivity index is 2.29. The largest absolute Gasteiger partial charge is 0.103 e. The van der Waals surface area contributed by atoms with E-state index in [0.717, 1.165) is 6.42 Å². The van der Waals surface area contributed by atoms with Crippen LogP contribution in [-0.4, -0.2) is 0 Å². The average molecular weight is 199 g/mol. The van der Waals surface area contributed by atoms with Crippen LogP contribution in [0.4, 0.5) is 0 Å². The maximum atomic E-state index is 3.92. The minimum Gasteiger partial charge on any atom is -0.103 e. The quantitative estimate of drug-likeness (QED) is 0.638. The van der Waals surface area contributed by atoms with Gasteiger partial charge in [-0.15, -0.1) is 6.58 Å². The number of allylic oxidation sites excluding steroid dienone is 1. The van der Waals surface area contributed by atoms with Gasteiger partial charge in [-0.05, 0) is 36.3 Å². The Morgan fingerprint density at radius 2 is 1.87 bits per heavy atom. The van der Waals surface area contributed by atoms with Crippen LogP contribution < -0.4 is 0 Å². The van der Waals surface area contributed by atoms with E-state index in [1.165, 1.54) is 37.7 Å². The van der Waals surface area contributed by atoms with E-state index < -0.39 is 0 Å². The lowest BCUT2D eigenvalue weighted by atomic mass is 9.67. The van der Waals surface area contributed by atoms with Crippen LogP contribution in [0.1, 0.15) is 44.1 Å². The molecule has 0 heterocycles. The third kappa shape index (κ3) is 2.14. The molecule has 2 rings (SSSR count). The second kappa shape index (κ2) is 4.65. The highest BCUT2D eigenvalue weighted by Gasteiger charge is 2.32. The molecule has 1 aromatic carbocycles. The summed E-state index contributed by atoms with van der Waals surface area (Å²) in [7, 11) is 0. The topological polar surface area (TPSA) is 0 Å². The maximum absolute atomic E-state index is 3.92. The minimum absolute atomic E-state index is 0.384. The molecule has 1 radical (unpaired) electrons. The van der Waals surface area contributed by atoms with Crippen molar-refractivity contribution in [1.82, 2.24) is 0 Å². The molecule has 1 fully saturated rings. The van der Waals surface area contributed by atoms with E-state index in [1.54, 1.807) is 0 Å². The Bertz CT molecular complexity index is 304. The summed E-state index contributed by atoms with van der Waals surface area (Å²) in [4.78, 5) is 0. The summed E-state index contributed by atoms with van der Waals surface area (Å²) in [5.41, 5.74) is 1.87. The van der Waals surface area contributed by atoms with Crippen molar-refractivity contribution in [1.29, 1.82) is 0 Å². The first kappa shape index (κ1) is 10.5. The molecule has 0 unspecified atom stereocenters. The van der Waals surface area contributed by atoms with Gasteiger partial charge in [0.1, 0.15) is 0 Å². The smallest absolute Gasteiger partial charge is 0.00126 e. The van der Waals surface area contributed by atoms with Crippen molar-refractivity contribution in [3.63, 3.8) is 0 Å². The van der Waals surface area contributed by atoms with Crippen molar-refractivity contribution in [2.45, 2.75) is 43.9 Å². The lowest BCUT2D eigenvalue weighted by Gasteiger charge is -2.37. The second-order valence-electron chi connectivity index (χ2n) is 4.62. The van der Waals surface area contributed by atoms with Gasteiger partial charge in [0.25, 0.3) is 0 Å². The third-order valence-corrected chi connectivity index (χ3v) is 3.68. The molecule has 0 N–H and O–H groups in total. The number of hydrogen-bond acceptors (Lipinski definition) is 0. The molecule has 0 heteroatoms. The Morgan fingerprint density at radius 3 is 2.47 bits per heavy atom. The van der Waals surface area contributed by atoms with Crippen molar-refractivity contribution in [3.05, 3.63) is 48.6 Å². The Hall–Kier alpha value is -1.04. The van der Waals surface area contributed by atoms with Crippen LogP contribution in [0.5, 0.6) is 0 Å². The van der Waals surface area contributed by atoms with Crippen LogP contribution in [0.25, 0.3) is 0 Å². The van der Waals surface area contributed by atoms with E-state index >= 15 is 0 Å². The van der Waals surface area contributed by atoms with Crippen molar-refractivity contribution in [3.8, 4) is 0 Å². The summed E-state index contributed by atoms with van der Waals surface area (Å²) in [6.45, 7) is 3.92. The molecular formula is C15H19. The van der Waals surface area contributed by atoms with E-state index in [4.69, 9.17) is 0 Å². The summed E-state index contributed by atoms with van der Waals surface area (Å²) in [5.74, 6) is 0. The SMILES string of the molecule is C=CCC1(c2cc[c]cc2)CCCCC1. The fourth-order valence-corrected chi connectivity index (χ4v) is 2.86. The highest BCUT2D eigenvalue weighted by molar-refractivity contribution is 5.26. The first-order valence-electron chi connectivity index (χ1n) is 5.95. The van der Waals surface area contributed by atoms with Crippen LogP contribution in [0.15, 0.2) is 36.9 Å². The van der Waals surface area contributed by atoms with Gasteiger partial charge in [0.2, 0.25) is 0 Å². The van der Waals surface area contributed by atoms with Gasteiger partial charge in [-0.2, -0.15) is 0 Å². The zero-order valence-corrected chi connectivity index (χ0v) is 9.34. The standard InChI is InChI=1S/C15H19/c1-2-11-15(12-7-4-8-13-15)14-9-5-3-6-10-14/h2,5-6,9-10H,1,4,7-8,11-13H2. The molecule has 79 valence electrons. The van der Waals surface area contributed by atoms with Gasteiger partial charge >= 0.3 is 0 Å². The van der Waals surface area contributed by atoms with Gasteiger partial charge < -0.3 is 0 Å². The fraction of sp³-hybridized carbons (Fsp3) is 0.467. The zero-order valence-electron chi connectivity index (χ0n) is 9.34. The number of rotatable bonds is 3. The number of benzene rings is 1. The molecule has 0 aliphatic heterocycles. The summed E-state index contributed by atoms with van der Waals surface area (Å²) in [5, 5.41) is 0. The van der Waals surface area contributed by atoms with Gasteiger partial charge in [0.15, 0.2) is 0 Å². The highest BCUT2D eigenvalue weighted by atomic mass is 14.4. The minimum atomic E-state index is 0.384. The summed E-state index contributed by atoms with van der Waals surface area (Å²) < 4.78 is 0. The summed E-state index contributed by atoms with van der Waals surface area (Å²) >= 11 is 0. The lowest BCUT2D eigenvalue weighted by molar-refractivity contribution is 0.295. The van der Waals surface area contributed by atoms with E-state index in [0.29, 0.717) is 5.41 Å².